The third-order valence-electron chi connectivity index (χ3n) is 3.03. The number of para-hydroxylation sites is 1. The Balaban J connectivity index is 2.57. The molecule has 1 aromatic carbocycles. The van der Waals surface area contributed by atoms with Crippen molar-refractivity contribution in [3.05, 3.63) is 41.6 Å². The third kappa shape index (κ3) is 3.00. The smallest absolute Gasteiger partial charge is 0.418 e. The maximum atomic E-state index is 13.0. The van der Waals surface area contributed by atoms with E-state index in [1.54, 1.807) is 0 Å². The molecule has 0 aliphatic rings. The van der Waals surface area contributed by atoms with Crippen LogP contribution in [0.1, 0.15) is 15.9 Å². The highest BCUT2D eigenvalue weighted by molar-refractivity contribution is 6.07. The Hall–Kier alpha value is -2.64. The zero-order valence-electron chi connectivity index (χ0n) is 11.4. The molecule has 0 aliphatic heterocycles. The van der Waals surface area contributed by atoms with Gasteiger partial charge in [-0.25, -0.2) is 0 Å². The summed E-state index contributed by atoms with van der Waals surface area (Å²) in [6.45, 7) is -0.554. The van der Waals surface area contributed by atoms with Crippen LogP contribution in [0.25, 0.3) is 10.9 Å². The van der Waals surface area contributed by atoms with Crippen molar-refractivity contribution in [1.82, 2.24) is 9.88 Å². The molecular weight excluding hydrogens is 301 g/mol. The van der Waals surface area contributed by atoms with Crippen molar-refractivity contribution < 1.29 is 27.9 Å². The van der Waals surface area contributed by atoms with E-state index in [1.165, 1.54) is 25.2 Å². The lowest BCUT2D eigenvalue weighted by Gasteiger charge is -2.16. The average molecular weight is 312 g/mol. The second kappa shape index (κ2) is 5.63. The second-order valence-corrected chi connectivity index (χ2v) is 4.61. The minimum atomic E-state index is -4.60. The van der Waals surface area contributed by atoms with Crippen LogP contribution in [-0.4, -0.2) is 40.5 Å². The van der Waals surface area contributed by atoms with Crippen molar-refractivity contribution >= 4 is 22.8 Å². The summed E-state index contributed by atoms with van der Waals surface area (Å²) in [5, 5.41) is 8.72. The summed E-state index contributed by atoms with van der Waals surface area (Å²) in [6, 6.07) is 4.67. The Morgan fingerprint density at radius 1 is 1.27 bits per heavy atom. The Labute approximate surface area is 123 Å². The lowest BCUT2D eigenvalue weighted by molar-refractivity contribution is -0.137. The molecule has 0 saturated heterocycles. The number of hydrogen-bond donors (Lipinski definition) is 1. The van der Waals surface area contributed by atoms with E-state index in [2.05, 4.69) is 4.98 Å². The number of hydrogen-bond acceptors (Lipinski definition) is 3. The summed E-state index contributed by atoms with van der Waals surface area (Å²) in [7, 11) is 1.26. The van der Waals surface area contributed by atoms with Crippen molar-refractivity contribution in [2.24, 2.45) is 0 Å². The predicted octanol–water partition coefficient (Wildman–Crippen LogP) is 2.41. The molecule has 8 heteroatoms. The van der Waals surface area contributed by atoms with Gasteiger partial charge >= 0.3 is 12.1 Å². The largest absolute Gasteiger partial charge is 0.480 e. The van der Waals surface area contributed by atoms with Crippen LogP contribution in [0.15, 0.2) is 30.5 Å². The summed E-state index contributed by atoms with van der Waals surface area (Å²) in [5.41, 5.74) is -1.31. The van der Waals surface area contributed by atoms with E-state index in [9.17, 15) is 22.8 Å². The monoisotopic (exact) mass is 312 g/mol. The third-order valence-corrected chi connectivity index (χ3v) is 3.03. The van der Waals surface area contributed by atoms with E-state index in [0.717, 1.165) is 17.2 Å². The molecule has 116 valence electrons. The number of carboxylic acids is 1. The zero-order valence-corrected chi connectivity index (χ0v) is 11.4. The fourth-order valence-corrected chi connectivity index (χ4v) is 2.07. The normalized spacial score (nSPS) is 11.5. The van der Waals surface area contributed by atoms with Crippen LogP contribution in [0.4, 0.5) is 13.2 Å². The molecule has 0 saturated carbocycles. The van der Waals surface area contributed by atoms with Crippen LogP contribution >= 0.6 is 0 Å². The molecule has 0 aliphatic carbocycles. The first kappa shape index (κ1) is 15.7. The molecule has 2 aromatic rings. The Bertz CT molecular complexity index is 744. The Morgan fingerprint density at radius 3 is 2.55 bits per heavy atom. The van der Waals surface area contributed by atoms with Gasteiger partial charge in [-0.2, -0.15) is 13.2 Å². The first-order valence-corrected chi connectivity index (χ1v) is 6.14. The van der Waals surface area contributed by atoms with Gasteiger partial charge in [0.15, 0.2) is 0 Å². The quantitative estimate of drug-likeness (QED) is 0.945. The number of likely N-dealkylation sites (N-methyl/N-ethyl adjacent to an activating group) is 1. The summed E-state index contributed by atoms with van der Waals surface area (Å²) >= 11 is 0. The van der Waals surface area contributed by atoms with E-state index >= 15 is 0 Å². The van der Waals surface area contributed by atoms with Gasteiger partial charge in [-0.15, -0.1) is 0 Å². The summed E-state index contributed by atoms with van der Waals surface area (Å²) in [6.07, 6.45) is -3.50. The van der Waals surface area contributed by atoms with Gasteiger partial charge in [-0.3, -0.25) is 14.6 Å². The van der Waals surface area contributed by atoms with E-state index in [4.69, 9.17) is 5.11 Å². The predicted molar refractivity (Wildman–Crippen MR) is 71.3 cm³/mol. The van der Waals surface area contributed by atoms with Crippen LogP contribution in [0.5, 0.6) is 0 Å². The standard InChI is InChI=1S/C14H11F3N2O3/c1-19(7-11(20)21)13(22)9-5-6-18-12-8(9)3-2-4-10(12)14(15,16)17/h2-6H,7H2,1H3,(H,20,21). The number of aromatic nitrogens is 1. The Morgan fingerprint density at radius 2 is 1.95 bits per heavy atom. The molecule has 0 radical (unpaired) electrons. The molecule has 1 amide bonds. The lowest BCUT2D eigenvalue weighted by Crippen LogP contribution is -2.32. The number of nitrogens with zero attached hydrogens (tertiary/aromatic N) is 2. The molecule has 5 nitrogen and oxygen atoms in total. The van der Waals surface area contributed by atoms with Gasteiger partial charge in [-0.05, 0) is 12.1 Å². The topological polar surface area (TPSA) is 70.5 Å². The number of amides is 1. The number of carbonyl (C=O) groups excluding carboxylic acids is 1. The number of rotatable bonds is 3. The average Bonchev–Trinajstić information content (AvgIpc) is 2.43. The molecule has 0 fully saturated rings. The van der Waals surface area contributed by atoms with E-state index < -0.39 is 30.2 Å². The summed E-state index contributed by atoms with van der Waals surface area (Å²) in [5.74, 6) is -1.90. The zero-order chi connectivity index (χ0) is 16.5. The molecule has 0 bridgehead atoms. The molecule has 1 heterocycles. The number of pyridine rings is 1. The van der Waals surface area contributed by atoms with Crippen LogP contribution < -0.4 is 0 Å². The first-order chi connectivity index (χ1) is 10.2. The molecule has 1 N–H and O–H groups in total. The van der Waals surface area contributed by atoms with E-state index in [0.29, 0.717) is 0 Å². The van der Waals surface area contributed by atoms with E-state index in [-0.39, 0.29) is 16.5 Å². The van der Waals surface area contributed by atoms with Gasteiger partial charge in [0.25, 0.3) is 5.91 Å². The number of carbonyl (C=O) groups is 2. The van der Waals surface area contributed by atoms with Crippen LogP contribution in [0.3, 0.4) is 0 Å². The van der Waals surface area contributed by atoms with Crippen molar-refractivity contribution in [3.8, 4) is 0 Å². The number of aliphatic carboxylic acids is 1. The molecule has 22 heavy (non-hydrogen) atoms. The molecule has 0 atom stereocenters. The highest BCUT2D eigenvalue weighted by atomic mass is 19.4. The van der Waals surface area contributed by atoms with Gasteiger partial charge in [0, 0.05) is 18.6 Å². The van der Waals surface area contributed by atoms with Crippen molar-refractivity contribution in [1.29, 1.82) is 0 Å². The number of alkyl halides is 3. The minimum Gasteiger partial charge on any atom is -0.480 e. The van der Waals surface area contributed by atoms with Crippen LogP contribution in [-0.2, 0) is 11.0 Å². The van der Waals surface area contributed by atoms with Crippen LogP contribution in [0.2, 0.25) is 0 Å². The lowest BCUT2D eigenvalue weighted by atomic mass is 10.0. The highest BCUT2D eigenvalue weighted by Crippen LogP contribution is 2.34. The number of fused-ring (bicyclic) bond motifs is 1. The molecule has 0 spiro atoms. The molecule has 2 rings (SSSR count). The molecule has 1 aromatic heterocycles. The first-order valence-electron chi connectivity index (χ1n) is 6.14. The molecule has 0 unspecified atom stereocenters. The maximum Gasteiger partial charge on any atom is 0.418 e. The number of carboxylic acid groups (broad SMARTS) is 1. The van der Waals surface area contributed by atoms with Crippen molar-refractivity contribution in [2.75, 3.05) is 13.6 Å². The summed E-state index contributed by atoms with van der Waals surface area (Å²) < 4.78 is 38.9. The summed E-state index contributed by atoms with van der Waals surface area (Å²) in [4.78, 5) is 27.5. The fourth-order valence-electron chi connectivity index (χ4n) is 2.07. The second-order valence-electron chi connectivity index (χ2n) is 4.61. The minimum absolute atomic E-state index is 0.0274. The number of benzene rings is 1. The van der Waals surface area contributed by atoms with Crippen LogP contribution in [0, 0.1) is 0 Å². The maximum absolute atomic E-state index is 13.0. The van der Waals surface area contributed by atoms with Crippen molar-refractivity contribution in [3.63, 3.8) is 0 Å². The fraction of sp³-hybridized carbons (Fsp3) is 0.214. The molecular formula is C14H11F3N2O3. The van der Waals surface area contributed by atoms with Gasteiger partial charge in [0.2, 0.25) is 0 Å². The SMILES string of the molecule is CN(CC(=O)O)C(=O)c1ccnc2c(C(F)(F)F)cccc12. The van der Waals surface area contributed by atoms with Gasteiger partial charge in [-0.1, -0.05) is 12.1 Å². The van der Waals surface area contributed by atoms with Gasteiger partial charge in [0.05, 0.1) is 16.6 Å². The Kier molecular flexibility index (Phi) is 4.03. The number of halogens is 3. The van der Waals surface area contributed by atoms with Crippen molar-refractivity contribution in [2.45, 2.75) is 6.18 Å². The highest BCUT2D eigenvalue weighted by Gasteiger charge is 2.33. The van der Waals surface area contributed by atoms with E-state index in [1.807, 2.05) is 0 Å². The van der Waals surface area contributed by atoms with Gasteiger partial charge < -0.3 is 10.0 Å². The van der Waals surface area contributed by atoms with Gasteiger partial charge in [0.1, 0.15) is 6.54 Å².